The lowest BCUT2D eigenvalue weighted by molar-refractivity contribution is -0.123. The summed E-state index contributed by atoms with van der Waals surface area (Å²) in [6.45, 7) is 8.94. The van der Waals surface area contributed by atoms with E-state index in [1.54, 1.807) is 12.3 Å². The standard InChI is InChI=1S/C32H38ClN5O3/c1-32(2,3)26-18-22(5-7-27(26)33)35-31-36-28-20-24(6-8-29(28)37(31)4)41-25-9-12-34-23(17-25)19-30(40)21-10-13-38(14-11-21)15-16-39/h5-9,12,17-18,20-21,39H,10-11,13-16,19H2,1-4H3,(H,35,36). The smallest absolute Gasteiger partial charge is 0.208 e. The number of pyridine rings is 1. The fourth-order valence-electron chi connectivity index (χ4n) is 5.36. The van der Waals surface area contributed by atoms with Crippen LogP contribution in [0.25, 0.3) is 11.0 Å². The zero-order valence-electron chi connectivity index (χ0n) is 24.2. The van der Waals surface area contributed by atoms with Gasteiger partial charge in [-0.25, -0.2) is 4.98 Å². The van der Waals surface area contributed by atoms with Crippen molar-refractivity contribution in [3.8, 4) is 11.5 Å². The van der Waals surface area contributed by atoms with Crippen molar-refractivity contribution in [3.05, 3.63) is 71.0 Å². The highest BCUT2D eigenvalue weighted by Crippen LogP contribution is 2.33. The number of aliphatic hydroxyl groups is 1. The highest BCUT2D eigenvalue weighted by Gasteiger charge is 2.25. The highest BCUT2D eigenvalue weighted by atomic mass is 35.5. The number of carbonyl (C=O) groups excluding carboxylic acids is 1. The number of Topliss-reactive ketones (excluding diaryl/α,β-unsaturated/α-hetero) is 1. The van der Waals surface area contributed by atoms with E-state index in [4.69, 9.17) is 26.4 Å². The molecule has 0 saturated carbocycles. The molecule has 2 aromatic carbocycles. The average molecular weight is 576 g/mol. The first-order chi connectivity index (χ1) is 19.6. The molecule has 0 amide bonds. The Morgan fingerprint density at radius 3 is 2.59 bits per heavy atom. The lowest BCUT2D eigenvalue weighted by atomic mass is 9.87. The predicted molar refractivity (Wildman–Crippen MR) is 163 cm³/mol. The van der Waals surface area contributed by atoms with Gasteiger partial charge in [0.25, 0.3) is 0 Å². The number of aromatic nitrogens is 3. The topological polar surface area (TPSA) is 92.5 Å². The molecule has 1 aliphatic rings. The molecule has 0 atom stereocenters. The van der Waals surface area contributed by atoms with Gasteiger partial charge in [0.1, 0.15) is 17.3 Å². The number of halogens is 1. The molecule has 216 valence electrons. The molecule has 9 heteroatoms. The van der Waals surface area contributed by atoms with Crippen LogP contribution in [0.4, 0.5) is 11.6 Å². The summed E-state index contributed by atoms with van der Waals surface area (Å²) in [4.78, 5) is 24.4. The number of nitrogens with one attached hydrogen (secondary N) is 1. The number of benzene rings is 2. The molecule has 2 aromatic heterocycles. The minimum Gasteiger partial charge on any atom is -0.457 e. The average Bonchev–Trinajstić information content (AvgIpc) is 3.24. The minimum absolute atomic E-state index is 0.0404. The molecule has 0 bridgehead atoms. The monoisotopic (exact) mass is 575 g/mol. The maximum Gasteiger partial charge on any atom is 0.208 e. The molecule has 3 heterocycles. The number of rotatable bonds is 9. The van der Waals surface area contributed by atoms with Gasteiger partial charge in [0.2, 0.25) is 5.95 Å². The normalized spacial score (nSPS) is 14.9. The molecular weight excluding hydrogens is 538 g/mol. The zero-order chi connectivity index (χ0) is 29.1. The first-order valence-corrected chi connectivity index (χ1v) is 14.5. The maximum atomic E-state index is 12.9. The second-order valence-corrected chi connectivity index (χ2v) is 12.2. The third-order valence-corrected chi connectivity index (χ3v) is 8.05. The van der Waals surface area contributed by atoms with E-state index in [0.29, 0.717) is 29.7 Å². The number of ketones is 1. The fourth-order valence-corrected chi connectivity index (χ4v) is 5.76. The van der Waals surface area contributed by atoms with Crippen LogP contribution < -0.4 is 10.1 Å². The first-order valence-electron chi connectivity index (χ1n) is 14.1. The van der Waals surface area contributed by atoms with Gasteiger partial charge in [-0.1, -0.05) is 32.4 Å². The van der Waals surface area contributed by atoms with Crippen LogP contribution in [0.3, 0.4) is 0 Å². The third kappa shape index (κ3) is 6.89. The van der Waals surface area contributed by atoms with Crippen LogP contribution in [0, 0.1) is 5.92 Å². The molecular formula is C32H38ClN5O3. The van der Waals surface area contributed by atoms with Crippen molar-refractivity contribution in [3.63, 3.8) is 0 Å². The molecule has 5 rings (SSSR count). The maximum absolute atomic E-state index is 12.9. The van der Waals surface area contributed by atoms with Crippen LogP contribution in [-0.2, 0) is 23.7 Å². The van der Waals surface area contributed by atoms with Crippen molar-refractivity contribution in [1.82, 2.24) is 19.4 Å². The second-order valence-electron chi connectivity index (χ2n) is 11.8. The van der Waals surface area contributed by atoms with Gasteiger partial charge < -0.3 is 24.6 Å². The summed E-state index contributed by atoms with van der Waals surface area (Å²) < 4.78 is 8.17. The number of hydrogen-bond donors (Lipinski definition) is 2. The molecule has 1 fully saturated rings. The first kappa shape index (κ1) is 29.0. The largest absolute Gasteiger partial charge is 0.457 e. The molecule has 41 heavy (non-hydrogen) atoms. The predicted octanol–water partition coefficient (Wildman–Crippen LogP) is 6.27. The molecule has 0 unspecified atom stereocenters. The quantitative estimate of drug-likeness (QED) is 0.243. The summed E-state index contributed by atoms with van der Waals surface area (Å²) in [6.07, 6.45) is 3.62. The Hall–Kier alpha value is -3.46. The Labute approximate surface area is 246 Å². The van der Waals surface area contributed by atoms with Gasteiger partial charge >= 0.3 is 0 Å². The number of anilines is 2. The van der Waals surface area contributed by atoms with Crippen LogP contribution in [0.5, 0.6) is 11.5 Å². The number of nitrogens with zero attached hydrogens (tertiary/aromatic N) is 4. The number of piperidine rings is 1. The summed E-state index contributed by atoms with van der Waals surface area (Å²) in [6, 6.07) is 15.4. The number of hydrogen-bond acceptors (Lipinski definition) is 7. The summed E-state index contributed by atoms with van der Waals surface area (Å²) in [7, 11) is 1.97. The third-order valence-electron chi connectivity index (χ3n) is 7.72. The van der Waals surface area contributed by atoms with Crippen molar-refractivity contribution in [2.75, 3.05) is 31.6 Å². The molecule has 1 saturated heterocycles. The van der Waals surface area contributed by atoms with Crippen molar-refractivity contribution in [1.29, 1.82) is 0 Å². The minimum atomic E-state index is -0.0774. The van der Waals surface area contributed by atoms with Crippen LogP contribution >= 0.6 is 11.6 Å². The van der Waals surface area contributed by atoms with Gasteiger partial charge in [-0.05, 0) is 73.3 Å². The van der Waals surface area contributed by atoms with Crippen molar-refractivity contribution in [2.24, 2.45) is 13.0 Å². The van der Waals surface area contributed by atoms with Crippen LogP contribution in [-0.4, -0.2) is 56.6 Å². The highest BCUT2D eigenvalue weighted by molar-refractivity contribution is 6.31. The summed E-state index contributed by atoms with van der Waals surface area (Å²) in [5.74, 6) is 2.25. The molecule has 0 spiro atoms. The Kier molecular flexibility index (Phi) is 8.63. The fraction of sp³-hybridized carbons (Fsp3) is 0.406. The van der Waals surface area contributed by atoms with Crippen LogP contribution in [0.15, 0.2) is 54.7 Å². The summed E-state index contributed by atoms with van der Waals surface area (Å²) >= 11 is 6.46. The van der Waals surface area contributed by atoms with Crippen LogP contribution in [0.2, 0.25) is 5.02 Å². The summed E-state index contributed by atoms with van der Waals surface area (Å²) in [5, 5.41) is 13.3. The number of likely N-dealkylation sites (tertiary alicyclic amines) is 1. The number of β-amino-alcohol motifs (C(OH)–C–C–N with tert-alkyl or cyclic N) is 1. The van der Waals surface area contributed by atoms with Gasteiger partial charge in [-0.2, -0.15) is 0 Å². The van der Waals surface area contributed by atoms with E-state index in [2.05, 4.69) is 42.0 Å². The second kappa shape index (κ2) is 12.2. The number of aliphatic hydroxyl groups excluding tert-OH is 1. The Morgan fingerprint density at radius 2 is 1.85 bits per heavy atom. The molecule has 8 nitrogen and oxygen atoms in total. The van der Waals surface area contributed by atoms with Gasteiger partial charge in [0, 0.05) is 55.0 Å². The van der Waals surface area contributed by atoms with E-state index in [1.165, 1.54) is 0 Å². The van der Waals surface area contributed by atoms with Crippen LogP contribution in [0.1, 0.15) is 44.9 Å². The Bertz CT molecular complexity index is 1540. The number of fused-ring (bicyclic) bond motifs is 1. The van der Waals surface area contributed by atoms with E-state index in [1.807, 2.05) is 48.0 Å². The van der Waals surface area contributed by atoms with Gasteiger partial charge in [-0.15, -0.1) is 0 Å². The molecule has 1 aliphatic heterocycles. The molecule has 2 N–H and O–H groups in total. The molecule has 0 radical (unpaired) electrons. The van der Waals surface area contributed by atoms with E-state index < -0.39 is 0 Å². The van der Waals surface area contributed by atoms with Gasteiger partial charge in [-0.3, -0.25) is 9.78 Å². The summed E-state index contributed by atoms with van der Waals surface area (Å²) in [5.41, 5.74) is 4.38. The van der Waals surface area contributed by atoms with Crippen molar-refractivity contribution in [2.45, 2.75) is 45.4 Å². The van der Waals surface area contributed by atoms with E-state index in [9.17, 15) is 4.79 Å². The molecule has 4 aromatic rings. The lowest BCUT2D eigenvalue weighted by Gasteiger charge is -2.30. The van der Waals surface area contributed by atoms with Crippen molar-refractivity contribution >= 4 is 40.1 Å². The Morgan fingerprint density at radius 1 is 1.10 bits per heavy atom. The zero-order valence-corrected chi connectivity index (χ0v) is 24.9. The number of carbonyl (C=O) groups is 1. The van der Waals surface area contributed by atoms with Crippen molar-refractivity contribution < 1.29 is 14.6 Å². The Balaban J connectivity index is 1.27. The van der Waals surface area contributed by atoms with E-state index in [-0.39, 0.29) is 30.1 Å². The SMILES string of the molecule is Cn1c(Nc2ccc(Cl)c(C(C)(C)C)c2)nc2cc(Oc3ccnc(CC(=O)C4CCN(CCO)CC4)c3)ccc21. The number of ether oxygens (including phenoxy) is 1. The lowest BCUT2D eigenvalue weighted by Crippen LogP contribution is -2.38. The molecule has 0 aliphatic carbocycles. The van der Waals surface area contributed by atoms with E-state index in [0.717, 1.165) is 53.2 Å². The van der Waals surface area contributed by atoms with Gasteiger partial charge in [0.05, 0.1) is 23.3 Å². The number of imidazole rings is 1. The van der Waals surface area contributed by atoms with Gasteiger partial charge in [0.15, 0.2) is 0 Å². The van der Waals surface area contributed by atoms with E-state index >= 15 is 0 Å². The number of aryl methyl sites for hydroxylation is 1.